The maximum Gasteiger partial charge on any atom is 0.138 e. The van der Waals surface area contributed by atoms with Gasteiger partial charge in [0.2, 0.25) is 0 Å². The molecular weight excluding hydrogens is 332 g/mol. The van der Waals surface area contributed by atoms with Crippen LogP contribution in [0, 0.1) is 6.92 Å². The van der Waals surface area contributed by atoms with Gasteiger partial charge in [0.15, 0.2) is 0 Å². The molecule has 0 aliphatic rings. The van der Waals surface area contributed by atoms with E-state index in [2.05, 4.69) is 38.7 Å². The van der Waals surface area contributed by atoms with Crippen molar-refractivity contribution in [3.63, 3.8) is 0 Å². The summed E-state index contributed by atoms with van der Waals surface area (Å²) >= 11 is 0. The number of hydrogen-bond acceptors (Lipinski definition) is 4. The second-order valence-electron chi connectivity index (χ2n) is 6.53. The van der Waals surface area contributed by atoms with E-state index in [1.165, 1.54) is 5.56 Å². The first kappa shape index (κ1) is 17.5. The van der Waals surface area contributed by atoms with Crippen molar-refractivity contribution < 1.29 is 4.55 Å². The molecule has 3 aromatic rings. The van der Waals surface area contributed by atoms with Gasteiger partial charge in [-0.15, -0.1) is 10.1 Å². The molecule has 0 aliphatic carbocycles. The van der Waals surface area contributed by atoms with Crippen LogP contribution in [0.25, 0.3) is 10.9 Å². The van der Waals surface area contributed by atoms with Gasteiger partial charge in [0.25, 0.3) is 0 Å². The van der Waals surface area contributed by atoms with E-state index in [1.807, 2.05) is 43.3 Å². The Labute approximate surface area is 149 Å². The Bertz CT molecular complexity index is 942. The molecule has 1 aromatic heterocycles. The van der Waals surface area contributed by atoms with E-state index in [-0.39, 0.29) is 6.04 Å². The molecule has 2 N–H and O–H groups in total. The molecule has 5 nitrogen and oxygen atoms in total. The second-order valence-corrected chi connectivity index (χ2v) is 9.41. The van der Waals surface area contributed by atoms with Gasteiger partial charge in [0.1, 0.15) is 11.6 Å². The molecule has 0 saturated carbocycles. The molecule has 132 valence electrons. The van der Waals surface area contributed by atoms with Crippen molar-refractivity contribution in [2.75, 3.05) is 17.8 Å². The fourth-order valence-electron chi connectivity index (χ4n) is 2.72. The molecule has 0 bridgehead atoms. The van der Waals surface area contributed by atoms with Gasteiger partial charge in [0.05, 0.1) is 11.2 Å². The zero-order valence-corrected chi connectivity index (χ0v) is 15.8. The van der Waals surface area contributed by atoms with Crippen LogP contribution >= 0.6 is 0 Å². The Balaban J connectivity index is 2.05. The van der Waals surface area contributed by atoms with Gasteiger partial charge < -0.3 is 9.87 Å². The van der Waals surface area contributed by atoms with E-state index in [0.717, 1.165) is 28.2 Å². The minimum atomic E-state index is -2.25. The molecule has 0 aliphatic heterocycles. The zero-order chi connectivity index (χ0) is 18.0. The monoisotopic (exact) mass is 356 g/mol. The summed E-state index contributed by atoms with van der Waals surface area (Å²) in [4.78, 5) is 9.09. The van der Waals surface area contributed by atoms with Crippen molar-refractivity contribution in [1.82, 2.24) is 9.97 Å². The number of aryl methyl sites for hydroxylation is 1. The first-order chi connectivity index (χ1) is 11.8. The van der Waals surface area contributed by atoms with E-state index in [9.17, 15) is 4.55 Å². The van der Waals surface area contributed by atoms with Gasteiger partial charge in [-0.2, -0.15) is 0 Å². The molecule has 0 amide bonds. The predicted molar refractivity (Wildman–Crippen MR) is 108 cm³/mol. The molecule has 0 unspecified atom stereocenters. The van der Waals surface area contributed by atoms with Crippen LogP contribution in [0.15, 0.2) is 52.9 Å². The molecule has 2 aromatic carbocycles. The average Bonchev–Trinajstić information content (AvgIpc) is 2.54. The van der Waals surface area contributed by atoms with E-state index in [0.29, 0.717) is 0 Å². The van der Waals surface area contributed by atoms with Crippen molar-refractivity contribution in [2.24, 2.45) is 4.36 Å². The standard InChI is InChI=1S/C19H24N4OS/c1-13(15-8-6-5-7-9-15)20-19-17-12-16(23-25(3,4)24)10-11-18(17)21-14(2)22-19/h5-13,25H,1-4H3,(H,23,24)(H,20,21,22)/t13-/m1/s1. The lowest BCUT2D eigenvalue weighted by molar-refractivity contribution is 0.640. The van der Waals surface area contributed by atoms with Crippen LogP contribution < -0.4 is 5.32 Å². The van der Waals surface area contributed by atoms with Crippen LogP contribution in [-0.4, -0.2) is 27.0 Å². The Morgan fingerprint density at radius 3 is 2.48 bits per heavy atom. The summed E-state index contributed by atoms with van der Waals surface area (Å²) in [5, 5.41) is 4.39. The fraction of sp³-hybridized carbons (Fsp3) is 0.263. The topological polar surface area (TPSA) is 70.4 Å². The predicted octanol–water partition coefficient (Wildman–Crippen LogP) is 4.55. The molecule has 0 fully saturated rings. The Kier molecular flexibility index (Phi) is 4.83. The molecule has 0 spiro atoms. The van der Waals surface area contributed by atoms with Crippen LogP contribution in [0.2, 0.25) is 0 Å². The second kappa shape index (κ2) is 6.90. The lowest BCUT2D eigenvalue weighted by Crippen LogP contribution is -2.09. The zero-order valence-electron chi connectivity index (χ0n) is 14.9. The maximum atomic E-state index is 10.0. The summed E-state index contributed by atoms with van der Waals surface area (Å²) in [6.45, 7) is 3.99. The van der Waals surface area contributed by atoms with Gasteiger partial charge >= 0.3 is 0 Å². The number of nitrogens with zero attached hydrogens (tertiary/aromatic N) is 3. The van der Waals surface area contributed by atoms with E-state index < -0.39 is 10.1 Å². The average molecular weight is 356 g/mol. The third-order valence-corrected chi connectivity index (χ3v) is 4.52. The minimum absolute atomic E-state index is 0.112. The van der Waals surface area contributed by atoms with Crippen molar-refractivity contribution in [2.45, 2.75) is 19.9 Å². The van der Waals surface area contributed by atoms with Crippen LogP contribution in [0.3, 0.4) is 0 Å². The SMILES string of the molecule is Cc1nc(N[C@H](C)c2ccccc2)c2cc(N=[SH](C)(C)O)ccc2n1. The number of benzene rings is 2. The van der Waals surface area contributed by atoms with Crippen molar-refractivity contribution in [3.05, 3.63) is 59.9 Å². The van der Waals surface area contributed by atoms with E-state index in [1.54, 1.807) is 12.5 Å². The first-order valence-corrected chi connectivity index (χ1v) is 10.8. The van der Waals surface area contributed by atoms with Crippen molar-refractivity contribution >= 4 is 32.5 Å². The Morgan fingerprint density at radius 2 is 1.80 bits per heavy atom. The lowest BCUT2D eigenvalue weighted by atomic mass is 10.1. The van der Waals surface area contributed by atoms with E-state index >= 15 is 0 Å². The molecule has 1 heterocycles. The molecular formula is C19H24N4OS. The highest BCUT2D eigenvalue weighted by molar-refractivity contribution is 7.98. The molecule has 25 heavy (non-hydrogen) atoms. The summed E-state index contributed by atoms with van der Waals surface area (Å²) in [6, 6.07) is 16.1. The Hall–Kier alpha value is -2.31. The normalized spacial score (nSPS) is 13.5. The molecule has 0 radical (unpaired) electrons. The highest BCUT2D eigenvalue weighted by Crippen LogP contribution is 2.29. The summed E-state index contributed by atoms with van der Waals surface area (Å²) < 4.78 is 14.5. The number of rotatable bonds is 4. The molecule has 1 atom stereocenters. The summed E-state index contributed by atoms with van der Waals surface area (Å²) in [7, 11) is -2.25. The van der Waals surface area contributed by atoms with Crippen LogP contribution in [-0.2, 0) is 10.1 Å². The largest absolute Gasteiger partial charge is 0.363 e. The molecule has 3 rings (SSSR count). The Morgan fingerprint density at radius 1 is 1.08 bits per heavy atom. The quantitative estimate of drug-likeness (QED) is 0.600. The maximum absolute atomic E-state index is 10.0. The number of hydrogen-bond donors (Lipinski definition) is 3. The third kappa shape index (κ3) is 4.41. The summed E-state index contributed by atoms with van der Waals surface area (Å²) in [6.07, 6.45) is 3.53. The van der Waals surface area contributed by atoms with Crippen LogP contribution in [0.5, 0.6) is 0 Å². The number of nitrogens with one attached hydrogen (secondary N) is 1. The molecule has 0 saturated heterocycles. The lowest BCUT2D eigenvalue weighted by Gasteiger charge is -2.17. The van der Waals surface area contributed by atoms with Gasteiger partial charge in [-0.25, -0.2) is 14.3 Å². The van der Waals surface area contributed by atoms with Gasteiger partial charge in [0, 0.05) is 11.4 Å². The smallest absolute Gasteiger partial charge is 0.138 e. The van der Waals surface area contributed by atoms with Crippen molar-refractivity contribution in [3.8, 4) is 0 Å². The van der Waals surface area contributed by atoms with Gasteiger partial charge in [-0.1, -0.05) is 30.3 Å². The first-order valence-electron chi connectivity index (χ1n) is 8.22. The summed E-state index contributed by atoms with van der Waals surface area (Å²) in [5.74, 6) is 1.50. The number of thiol groups is 1. The van der Waals surface area contributed by atoms with E-state index in [4.69, 9.17) is 0 Å². The summed E-state index contributed by atoms with van der Waals surface area (Å²) in [5.41, 5.74) is 2.80. The highest BCUT2D eigenvalue weighted by Gasteiger charge is 2.11. The fourth-order valence-corrected chi connectivity index (χ4v) is 3.41. The van der Waals surface area contributed by atoms with Crippen LogP contribution in [0.1, 0.15) is 24.4 Å². The van der Waals surface area contributed by atoms with Crippen LogP contribution in [0.4, 0.5) is 11.5 Å². The van der Waals surface area contributed by atoms with Crippen molar-refractivity contribution in [1.29, 1.82) is 0 Å². The van der Waals surface area contributed by atoms with Gasteiger partial charge in [-0.05, 0) is 50.1 Å². The minimum Gasteiger partial charge on any atom is -0.363 e. The highest BCUT2D eigenvalue weighted by atomic mass is 32.3. The van der Waals surface area contributed by atoms with Gasteiger partial charge in [-0.3, -0.25) is 0 Å². The number of aromatic nitrogens is 2. The molecule has 6 heteroatoms. The number of anilines is 1. The third-order valence-electron chi connectivity index (χ3n) is 3.80. The number of fused-ring (bicyclic) bond motifs is 1.